The van der Waals surface area contributed by atoms with Crippen molar-refractivity contribution in [3.05, 3.63) is 70.3 Å². The van der Waals surface area contributed by atoms with Crippen molar-refractivity contribution in [1.82, 2.24) is 0 Å². The van der Waals surface area contributed by atoms with E-state index < -0.39 is 51.7 Å². The third-order valence-corrected chi connectivity index (χ3v) is 3.75. The highest BCUT2D eigenvalue weighted by atomic mass is 16.4. The van der Waals surface area contributed by atoms with Gasteiger partial charge in [0.25, 0.3) is 0 Å². The van der Waals surface area contributed by atoms with E-state index in [2.05, 4.69) is 0 Å². The van der Waals surface area contributed by atoms with Gasteiger partial charge < -0.3 is 25.5 Å². The fourth-order valence-electron chi connectivity index (χ4n) is 2.60. The molecule has 0 fully saturated rings. The third-order valence-electron chi connectivity index (χ3n) is 3.75. The summed E-state index contributed by atoms with van der Waals surface area (Å²) in [5, 5.41) is 48.2. The lowest BCUT2D eigenvalue weighted by Gasteiger charge is -2.27. The Balaban J connectivity index is 2.98. The Labute approximate surface area is 145 Å². The number of aliphatic carboxylic acids is 1. The Morgan fingerprint density at radius 2 is 1.23 bits per heavy atom. The minimum Gasteiger partial charge on any atom is -0.479 e. The van der Waals surface area contributed by atoms with Crippen molar-refractivity contribution in [2.45, 2.75) is 5.60 Å². The van der Waals surface area contributed by atoms with Gasteiger partial charge in [-0.3, -0.25) is 0 Å². The molecule has 0 aliphatic rings. The van der Waals surface area contributed by atoms with E-state index in [-0.39, 0.29) is 5.56 Å². The van der Waals surface area contributed by atoms with E-state index in [1.165, 1.54) is 30.3 Å². The van der Waals surface area contributed by atoms with Gasteiger partial charge in [0.05, 0.1) is 16.7 Å². The molecule has 0 aliphatic carbocycles. The molecule has 5 N–H and O–H groups in total. The lowest BCUT2D eigenvalue weighted by atomic mass is 9.81. The molecule has 0 spiro atoms. The normalized spacial score (nSPS) is 12.8. The Morgan fingerprint density at radius 3 is 1.65 bits per heavy atom. The van der Waals surface area contributed by atoms with Gasteiger partial charge in [0.15, 0.2) is 0 Å². The summed E-state index contributed by atoms with van der Waals surface area (Å²) in [5.41, 5.74) is -7.00. The molecule has 0 saturated heterocycles. The van der Waals surface area contributed by atoms with E-state index in [1.807, 2.05) is 0 Å². The summed E-state index contributed by atoms with van der Waals surface area (Å²) < 4.78 is 0. The second-order valence-electron chi connectivity index (χ2n) is 5.21. The zero-order chi connectivity index (χ0) is 19.6. The quantitative estimate of drug-likeness (QED) is 0.506. The van der Waals surface area contributed by atoms with E-state index in [1.54, 1.807) is 0 Å². The molecule has 2 aromatic rings. The first-order valence-electron chi connectivity index (χ1n) is 7.01. The van der Waals surface area contributed by atoms with Crippen LogP contribution in [0.5, 0.6) is 0 Å². The summed E-state index contributed by atoms with van der Waals surface area (Å²) in [7, 11) is 0. The van der Waals surface area contributed by atoms with Crippen LogP contribution in [0.1, 0.15) is 42.2 Å². The molecule has 0 saturated carbocycles. The predicted octanol–water partition coefficient (Wildman–Crippen LogP) is 1.10. The Hall–Kier alpha value is -3.72. The molecule has 0 amide bonds. The highest BCUT2D eigenvalue weighted by Gasteiger charge is 2.45. The van der Waals surface area contributed by atoms with Gasteiger partial charge in [-0.15, -0.1) is 0 Å². The van der Waals surface area contributed by atoms with E-state index in [0.717, 1.165) is 12.1 Å². The van der Waals surface area contributed by atoms with Gasteiger partial charge in [-0.25, -0.2) is 19.2 Å². The minimum absolute atomic E-state index is 0.227. The lowest BCUT2D eigenvalue weighted by molar-refractivity contribution is -0.155. The standard InChI is InChI=1S/C17H12O9/c18-13(19)9-6-7-10(12(15(22)23)11(9)14(20)21)17(26,16(24)25)8-4-2-1-3-5-8/h1-7,26H,(H,18,19)(H,20,21)(H,22,23)(H,24,25). The number of aliphatic hydroxyl groups is 1. The fourth-order valence-corrected chi connectivity index (χ4v) is 2.60. The maximum atomic E-state index is 11.8. The number of hydrogen-bond donors (Lipinski definition) is 5. The molecule has 9 nitrogen and oxygen atoms in total. The second kappa shape index (κ2) is 6.65. The number of carboxylic acid groups (broad SMARTS) is 4. The molecule has 26 heavy (non-hydrogen) atoms. The summed E-state index contributed by atoms with van der Waals surface area (Å²) >= 11 is 0. The van der Waals surface area contributed by atoms with Crippen molar-refractivity contribution < 1.29 is 44.7 Å². The molecule has 2 aromatic carbocycles. The first kappa shape index (κ1) is 18.6. The van der Waals surface area contributed by atoms with Crippen molar-refractivity contribution >= 4 is 23.9 Å². The summed E-state index contributed by atoms with van der Waals surface area (Å²) in [4.78, 5) is 46.2. The Bertz CT molecular complexity index is 917. The van der Waals surface area contributed by atoms with Crippen LogP contribution in [0.2, 0.25) is 0 Å². The van der Waals surface area contributed by atoms with Crippen LogP contribution in [-0.2, 0) is 10.4 Å². The molecule has 0 aromatic heterocycles. The van der Waals surface area contributed by atoms with Gasteiger partial charge in [-0.1, -0.05) is 36.4 Å². The van der Waals surface area contributed by atoms with Crippen LogP contribution >= 0.6 is 0 Å². The number of carbonyl (C=O) groups is 4. The smallest absolute Gasteiger partial charge is 0.345 e. The number of rotatable bonds is 6. The van der Waals surface area contributed by atoms with E-state index in [0.29, 0.717) is 0 Å². The molecule has 1 atom stereocenters. The highest BCUT2D eigenvalue weighted by molar-refractivity contribution is 6.10. The van der Waals surface area contributed by atoms with Crippen molar-refractivity contribution in [3.8, 4) is 0 Å². The first-order chi connectivity index (χ1) is 12.1. The van der Waals surface area contributed by atoms with E-state index >= 15 is 0 Å². The maximum absolute atomic E-state index is 11.8. The van der Waals surface area contributed by atoms with Crippen molar-refractivity contribution in [2.24, 2.45) is 0 Å². The van der Waals surface area contributed by atoms with Crippen LogP contribution in [0.15, 0.2) is 42.5 Å². The summed E-state index contributed by atoms with van der Waals surface area (Å²) in [6, 6.07) is 8.27. The van der Waals surface area contributed by atoms with Gasteiger partial charge >= 0.3 is 23.9 Å². The molecular weight excluding hydrogens is 348 g/mol. The lowest BCUT2D eigenvalue weighted by Crippen LogP contribution is -2.39. The fraction of sp³-hybridized carbons (Fsp3) is 0.0588. The predicted molar refractivity (Wildman–Crippen MR) is 84.4 cm³/mol. The molecule has 0 bridgehead atoms. The first-order valence-corrected chi connectivity index (χ1v) is 7.01. The summed E-state index contributed by atoms with van der Waals surface area (Å²) in [5.74, 6) is -7.35. The molecule has 0 heterocycles. The Morgan fingerprint density at radius 1 is 0.692 bits per heavy atom. The molecule has 9 heteroatoms. The van der Waals surface area contributed by atoms with Crippen molar-refractivity contribution in [1.29, 1.82) is 0 Å². The number of benzene rings is 2. The molecule has 0 radical (unpaired) electrons. The largest absolute Gasteiger partial charge is 0.479 e. The zero-order valence-electron chi connectivity index (χ0n) is 12.9. The average molecular weight is 360 g/mol. The Kier molecular flexibility index (Phi) is 4.76. The van der Waals surface area contributed by atoms with E-state index in [4.69, 9.17) is 5.11 Å². The topological polar surface area (TPSA) is 169 Å². The monoisotopic (exact) mass is 360 g/mol. The van der Waals surface area contributed by atoms with Crippen molar-refractivity contribution in [3.63, 3.8) is 0 Å². The van der Waals surface area contributed by atoms with Crippen LogP contribution < -0.4 is 0 Å². The van der Waals surface area contributed by atoms with Crippen LogP contribution in [-0.4, -0.2) is 49.4 Å². The number of hydrogen-bond acceptors (Lipinski definition) is 5. The second-order valence-corrected chi connectivity index (χ2v) is 5.21. The number of carboxylic acids is 4. The average Bonchev–Trinajstić information content (AvgIpc) is 2.59. The minimum atomic E-state index is -2.91. The van der Waals surface area contributed by atoms with Crippen LogP contribution in [0, 0.1) is 0 Å². The highest BCUT2D eigenvalue weighted by Crippen LogP contribution is 2.35. The summed E-state index contributed by atoms with van der Waals surface area (Å²) in [6.45, 7) is 0. The zero-order valence-corrected chi connectivity index (χ0v) is 12.9. The van der Waals surface area contributed by atoms with E-state index in [9.17, 15) is 39.6 Å². The molecule has 0 aliphatic heterocycles. The maximum Gasteiger partial charge on any atom is 0.345 e. The van der Waals surface area contributed by atoms with Crippen LogP contribution in [0.4, 0.5) is 0 Å². The third kappa shape index (κ3) is 2.87. The van der Waals surface area contributed by atoms with Gasteiger partial charge in [-0.2, -0.15) is 0 Å². The molecule has 1 unspecified atom stereocenters. The van der Waals surface area contributed by atoms with Crippen molar-refractivity contribution in [2.75, 3.05) is 0 Å². The van der Waals surface area contributed by atoms with Crippen LogP contribution in [0.25, 0.3) is 0 Å². The summed E-state index contributed by atoms with van der Waals surface area (Å²) in [6.07, 6.45) is 0. The number of aromatic carboxylic acids is 3. The van der Waals surface area contributed by atoms with Gasteiger partial charge in [0.1, 0.15) is 0 Å². The molecular formula is C17H12O9. The van der Waals surface area contributed by atoms with Gasteiger partial charge in [0.2, 0.25) is 5.60 Å². The van der Waals surface area contributed by atoms with Gasteiger partial charge in [0, 0.05) is 5.56 Å². The van der Waals surface area contributed by atoms with Gasteiger partial charge in [-0.05, 0) is 11.6 Å². The molecule has 2 rings (SSSR count). The molecule has 134 valence electrons. The van der Waals surface area contributed by atoms with Crippen LogP contribution in [0.3, 0.4) is 0 Å². The SMILES string of the molecule is O=C(O)c1ccc(C(O)(C(=O)O)c2ccccc2)c(C(=O)O)c1C(=O)O.